The molecular weight excluding hydrogens is 160 g/mol. The first kappa shape index (κ1) is 10.1. The Morgan fingerprint density at radius 2 is 1.85 bits per heavy atom. The topological polar surface area (TPSA) is 24.1 Å². The van der Waals surface area contributed by atoms with Crippen molar-refractivity contribution in [3.05, 3.63) is 30.3 Å². The zero-order valence-electron chi connectivity index (χ0n) is 8.22. The quantitative estimate of drug-likeness (QED) is 0.517. The fourth-order valence-corrected chi connectivity index (χ4v) is 1.15. The Balaban J connectivity index is 2.07. The number of nitrogens with one attached hydrogen (secondary N) is 2. The highest BCUT2D eigenvalue weighted by atomic mass is 15.3. The summed E-state index contributed by atoms with van der Waals surface area (Å²) in [4.78, 5) is 0. The summed E-state index contributed by atoms with van der Waals surface area (Å²) in [5, 5.41) is 0. The van der Waals surface area contributed by atoms with Crippen molar-refractivity contribution in [2.75, 3.05) is 12.0 Å². The van der Waals surface area contributed by atoms with Gasteiger partial charge >= 0.3 is 0 Å². The van der Waals surface area contributed by atoms with Gasteiger partial charge in [-0.05, 0) is 18.6 Å². The summed E-state index contributed by atoms with van der Waals surface area (Å²) in [7, 11) is 0. The van der Waals surface area contributed by atoms with Gasteiger partial charge in [-0.1, -0.05) is 38.0 Å². The van der Waals surface area contributed by atoms with Crippen molar-refractivity contribution in [2.45, 2.75) is 26.2 Å². The van der Waals surface area contributed by atoms with Gasteiger partial charge in [-0.2, -0.15) is 0 Å². The van der Waals surface area contributed by atoms with Gasteiger partial charge in [0, 0.05) is 12.2 Å². The number of para-hydroxylation sites is 1. The number of benzene rings is 1. The van der Waals surface area contributed by atoms with Gasteiger partial charge in [-0.15, -0.1) is 0 Å². The van der Waals surface area contributed by atoms with Crippen LogP contribution in [-0.4, -0.2) is 6.54 Å². The number of hydrogen-bond acceptors (Lipinski definition) is 2. The lowest BCUT2D eigenvalue weighted by atomic mass is 10.2. The Bertz CT molecular complexity index is 209. The number of hydrazine groups is 1. The average molecular weight is 178 g/mol. The first-order valence-electron chi connectivity index (χ1n) is 4.97. The Hall–Kier alpha value is -1.02. The molecule has 1 aromatic rings. The number of unbranched alkanes of at least 4 members (excludes halogenated alkanes) is 2. The normalized spacial score (nSPS) is 9.92. The molecule has 0 unspecified atom stereocenters. The standard InChI is InChI=1S/C11H18N2/c1-2-3-7-10-12-13-11-8-5-4-6-9-11/h4-6,8-9,12-13H,2-3,7,10H2,1H3. The van der Waals surface area contributed by atoms with E-state index >= 15 is 0 Å². The minimum atomic E-state index is 1.03. The second kappa shape index (κ2) is 6.49. The number of anilines is 1. The summed E-state index contributed by atoms with van der Waals surface area (Å²) in [6, 6.07) is 10.2. The van der Waals surface area contributed by atoms with Crippen LogP contribution < -0.4 is 10.9 Å². The molecule has 0 aromatic heterocycles. The van der Waals surface area contributed by atoms with E-state index in [1.807, 2.05) is 30.3 Å². The molecule has 0 radical (unpaired) electrons. The van der Waals surface area contributed by atoms with Crippen LogP contribution in [0.2, 0.25) is 0 Å². The molecule has 2 N–H and O–H groups in total. The second-order valence-corrected chi connectivity index (χ2v) is 3.12. The van der Waals surface area contributed by atoms with Crippen LogP contribution in [0, 0.1) is 0 Å². The first-order valence-corrected chi connectivity index (χ1v) is 4.97. The molecule has 1 aromatic carbocycles. The molecule has 0 bridgehead atoms. The van der Waals surface area contributed by atoms with E-state index in [4.69, 9.17) is 0 Å². The maximum atomic E-state index is 3.19. The van der Waals surface area contributed by atoms with Crippen molar-refractivity contribution in [3.8, 4) is 0 Å². The minimum absolute atomic E-state index is 1.03. The molecule has 0 saturated carbocycles. The molecule has 2 heteroatoms. The summed E-state index contributed by atoms with van der Waals surface area (Å²) in [6.07, 6.45) is 3.80. The lowest BCUT2D eigenvalue weighted by molar-refractivity contribution is 0.662. The fraction of sp³-hybridized carbons (Fsp3) is 0.455. The fourth-order valence-electron chi connectivity index (χ4n) is 1.15. The highest BCUT2D eigenvalue weighted by molar-refractivity contribution is 5.41. The molecule has 0 amide bonds. The number of rotatable bonds is 6. The van der Waals surface area contributed by atoms with Gasteiger partial charge in [0.2, 0.25) is 0 Å². The van der Waals surface area contributed by atoms with Crippen molar-refractivity contribution >= 4 is 5.69 Å². The van der Waals surface area contributed by atoms with Crippen LogP contribution in [-0.2, 0) is 0 Å². The van der Waals surface area contributed by atoms with E-state index in [2.05, 4.69) is 17.8 Å². The van der Waals surface area contributed by atoms with Crippen molar-refractivity contribution in [1.82, 2.24) is 5.43 Å². The van der Waals surface area contributed by atoms with Gasteiger partial charge in [-0.25, -0.2) is 5.43 Å². The molecule has 0 spiro atoms. The third kappa shape index (κ3) is 4.53. The van der Waals surface area contributed by atoms with Crippen molar-refractivity contribution in [2.24, 2.45) is 0 Å². The smallest absolute Gasteiger partial charge is 0.0487 e. The maximum absolute atomic E-state index is 3.19. The van der Waals surface area contributed by atoms with E-state index in [-0.39, 0.29) is 0 Å². The monoisotopic (exact) mass is 178 g/mol. The zero-order valence-corrected chi connectivity index (χ0v) is 8.22. The summed E-state index contributed by atoms with van der Waals surface area (Å²) >= 11 is 0. The molecule has 0 atom stereocenters. The molecule has 0 aliphatic carbocycles. The van der Waals surface area contributed by atoms with Crippen LogP contribution in [0.15, 0.2) is 30.3 Å². The van der Waals surface area contributed by atoms with Crippen LogP contribution in [0.4, 0.5) is 5.69 Å². The zero-order chi connectivity index (χ0) is 9.36. The van der Waals surface area contributed by atoms with Crippen molar-refractivity contribution in [3.63, 3.8) is 0 Å². The van der Waals surface area contributed by atoms with Gasteiger partial charge in [0.15, 0.2) is 0 Å². The summed E-state index contributed by atoms with van der Waals surface area (Å²) in [6.45, 7) is 3.24. The largest absolute Gasteiger partial charge is 0.322 e. The Morgan fingerprint density at radius 3 is 2.54 bits per heavy atom. The highest BCUT2D eigenvalue weighted by Gasteiger charge is 1.87. The lowest BCUT2D eigenvalue weighted by Gasteiger charge is -2.07. The van der Waals surface area contributed by atoms with Crippen molar-refractivity contribution in [1.29, 1.82) is 0 Å². The van der Waals surface area contributed by atoms with Gasteiger partial charge in [0.1, 0.15) is 0 Å². The maximum Gasteiger partial charge on any atom is 0.0487 e. The van der Waals surface area contributed by atoms with E-state index in [9.17, 15) is 0 Å². The Morgan fingerprint density at radius 1 is 1.08 bits per heavy atom. The Labute approximate surface area is 80.3 Å². The van der Waals surface area contributed by atoms with Crippen molar-refractivity contribution < 1.29 is 0 Å². The molecule has 0 aliphatic heterocycles. The average Bonchev–Trinajstić information content (AvgIpc) is 2.19. The molecule has 0 aliphatic rings. The van der Waals surface area contributed by atoms with Gasteiger partial charge < -0.3 is 5.43 Å². The minimum Gasteiger partial charge on any atom is -0.322 e. The van der Waals surface area contributed by atoms with Crippen LogP contribution in [0.1, 0.15) is 26.2 Å². The molecule has 1 rings (SSSR count). The molecule has 13 heavy (non-hydrogen) atoms. The van der Waals surface area contributed by atoms with E-state index < -0.39 is 0 Å². The SMILES string of the molecule is CCCCCNNc1ccccc1. The summed E-state index contributed by atoms with van der Waals surface area (Å²) < 4.78 is 0. The van der Waals surface area contributed by atoms with E-state index in [1.165, 1.54) is 19.3 Å². The van der Waals surface area contributed by atoms with E-state index in [0.717, 1.165) is 12.2 Å². The summed E-state index contributed by atoms with van der Waals surface area (Å²) in [5.74, 6) is 0. The second-order valence-electron chi connectivity index (χ2n) is 3.12. The Kier molecular flexibility index (Phi) is 5.02. The molecule has 0 saturated heterocycles. The lowest BCUT2D eigenvalue weighted by Crippen LogP contribution is -2.22. The molecular formula is C11H18N2. The van der Waals surface area contributed by atoms with Crippen LogP contribution in [0.25, 0.3) is 0 Å². The van der Waals surface area contributed by atoms with Gasteiger partial charge in [0.25, 0.3) is 0 Å². The van der Waals surface area contributed by atoms with Crippen LogP contribution >= 0.6 is 0 Å². The predicted molar refractivity (Wildman–Crippen MR) is 57.6 cm³/mol. The highest BCUT2D eigenvalue weighted by Crippen LogP contribution is 2.02. The third-order valence-electron chi connectivity index (χ3n) is 1.91. The van der Waals surface area contributed by atoms with Gasteiger partial charge in [-0.3, -0.25) is 0 Å². The predicted octanol–water partition coefficient (Wildman–Crippen LogP) is 2.79. The first-order chi connectivity index (χ1) is 6.43. The third-order valence-corrected chi connectivity index (χ3v) is 1.91. The van der Waals surface area contributed by atoms with Crippen LogP contribution in [0.5, 0.6) is 0 Å². The van der Waals surface area contributed by atoms with Crippen LogP contribution in [0.3, 0.4) is 0 Å². The molecule has 0 fully saturated rings. The molecule has 2 nitrogen and oxygen atoms in total. The molecule has 72 valence electrons. The number of hydrogen-bond donors (Lipinski definition) is 2. The van der Waals surface area contributed by atoms with E-state index in [1.54, 1.807) is 0 Å². The van der Waals surface area contributed by atoms with E-state index in [0.29, 0.717) is 0 Å². The van der Waals surface area contributed by atoms with Gasteiger partial charge in [0.05, 0.1) is 0 Å². The summed E-state index contributed by atoms with van der Waals surface area (Å²) in [5.41, 5.74) is 7.46. The molecule has 0 heterocycles.